The number of amides is 1. The fourth-order valence-electron chi connectivity index (χ4n) is 1.98. The summed E-state index contributed by atoms with van der Waals surface area (Å²) in [5.41, 5.74) is 4.53. The van der Waals surface area contributed by atoms with E-state index in [0.29, 0.717) is 17.0 Å². The van der Waals surface area contributed by atoms with Crippen LogP contribution in [0.4, 0.5) is 0 Å². The number of aryl methyl sites for hydroxylation is 1. The number of halogens is 2. The Morgan fingerprint density at radius 1 is 1.25 bits per heavy atom. The maximum atomic E-state index is 11.9. The van der Waals surface area contributed by atoms with E-state index in [2.05, 4.69) is 42.4 Å². The Bertz CT molecular complexity index is 768. The van der Waals surface area contributed by atoms with Crippen molar-refractivity contribution < 1.29 is 14.6 Å². The first kappa shape index (κ1) is 18.5. The molecule has 0 unspecified atom stereocenters. The quantitative estimate of drug-likeness (QED) is 0.525. The smallest absolute Gasteiger partial charge is 0.277 e. The van der Waals surface area contributed by atoms with E-state index in [1.165, 1.54) is 0 Å². The van der Waals surface area contributed by atoms with Crippen molar-refractivity contribution in [1.82, 2.24) is 5.43 Å². The third kappa shape index (κ3) is 4.82. The minimum Gasteiger partial charge on any atom is -0.507 e. The summed E-state index contributed by atoms with van der Waals surface area (Å²) in [6, 6.07) is 10.6. The van der Waals surface area contributed by atoms with Gasteiger partial charge in [0.1, 0.15) is 11.5 Å². The van der Waals surface area contributed by atoms with Gasteiger partial charge in [0.05, 0.1) is 14.7 Å². The number of nitrogens with one attached hydrogen (secondary N) is 1. The van der Waals surface area contributed by atoms with Gasteiger partial charge in [-0.15, -0.1) is 0 Å². The van der Waals surface area contributed by atoms with E-state index in [0.717, 1.165) is 14.5 Å². The summed E-state index contributed by atoms with van der Waals surface area (Å²) in [5.74, 6) is 0.262. The summed E-state index contributed by atoms with van der Waals surface area (Å²) in [7, 11) is 0. The molecule has 0 spiro atoms. The third-order valence-electron chi connectivity index (χ3n) is 3.13. The van der Waals surface area contributed by atoms with E-state index in [1.807, 2.05) is 19.1 Å². The number of benzene rings is 2. The zero-order chi connectivity index (χ0) is 17.7. The summed E-state index contributed by atoms with van der Waals surface area (Å²) < 4.78 is 7.04. The SMILES string of the molecule is C/C(=N/NC(=O)COc1c(Br)cc(C)cc1Br)c1ccccc1O. The maximum absolute atomic E-state index is 11.9. The highest BCUT2D eigenvalue weighted by Gasteiger charge is 2.10. The lowest BCUT2D eigenvalue weighted by Crippen LogP contribution is -2.25. The molecule has 0 saturated heterocycles. The predicted octanol–water partition coefficient (Wildman–Crippen LogP) is 4.14. The van der Waals surface area contributed by atoms with Crippen molar-refractivity contribution in [3.05, 3.63) is 56.5 Å². The van der Waals surface area contributed by atoms with Crippen molar-refractivity contribution >= 4 is 43.5 Å². The number of carbonyl (C=O) groups is 1. The first-order valence-corrected chi connectivity index (χ1v) is 8.67. The third-order valence-corrected chi connectivity index (χ3v) is 4.31. The maximum Gasteiger partial charge on any atom is 0.277 e. The molecule has 126 valence electrons. The molecule has 0 fully saturated rings. The largest absolute Gasteiger partial charge is 0.507 e. The van der Waals surface area contributed by atoms with Gasteiger partial charge in [-0.3, -0.25) is 4.79 Å². The van der Waals surface area contributed by atoms with Gasteiger partial charge < -0.3 is 9.84 Å². The molecule has 0 saturated carbocycles. The van der Waals surface area contributed by atoms with Crippen molar-refractivity contribution in [2.75, 3.05) is 6.61 Å². The van der Waals surface area contributed by atoms with E-state index in [1.54, 1.807) is 31.2 Å². The van der Waals surface area contributed by atoms with Crippen molar-refractivity contribution in [1.29, 1.82) is 0 Å². The van der Waals surface area contributed by atoms with Gasteiger partial charge in [-0.05, 0) is 75.5 Å². The number of hydrogen-bond donors (Lipinski definition) is 2. The van der Waals surface area contributed by atoms with Crippen LogP contribution in [-0.2, 0) is 4.79 Å². The molecule has 2 aromatic carbocycles. The minimum atomic E-state index is -0.399. The summed E-state index contributed by atoms with van der Waals surface area (Å²) >= 11 is 6.81. The van der Waals surface area contributed by atoms with E-state index in [-0.39, 0.29) is 12.4 Å². The Morgan fingerprint density at radius 3 is 2.50 bits per heavy atom. The number of carbonyl (C=O) groups excluding carboxylic acids is 1. The second kappa shape index (κ2) is 8.30. The molecule has 0 heterocycles. The second-order valence-electron chi connectivity index (χ2n) is 5.10. The Kier molecular flexibility index (Phi) is 6.39. The fraction of sp³-hybridized carbons (Fsp3) is 0.176. The number of rotatable bonds is 5. The standard InChI is InChI=1S/C17H16Br2N2O3/c1-10-7-13(18)17(14(19)8-10)24-9-16(23)21-20-11(2)12-5-3-4-6-15(12)22/h3-8,22H,9H2,1-2H3,(H,21,23)/b20-11-. The number of aromatic hydroxyl groups is 1. The van der Waals surface area contributed by atoms with Crippen molar-refractivity contribution in [2.24, 2.45) is 5.10 Å². The van der Waals surface area contributed by atoms with Crippen LogP contribution in [0.1, 0.15) is 18.1 Å². The lowest BCUT2D eigenvalue weighted by Gasteiger charge is -2.10. The van der Waals surface area contributed by atoms with E-state index in [4.69, 9.17) is 4.74 Å². The van der Waals surface area contributed by atoms with Crippen LogP contribution in [-0.4, -0.2) is 23.3 Å². The van der Waals surface area contributed by atoms with Gasteiger partial charge in [0.2, 0.25) is 0 Å². The lowest BCUT2D eigenvalue weighted by molar-refractivity contribution is -0.123. The number of para-hydroxylation sites is 1. The van der Waals surface area contributed by atoms with Gasteiger partial charge in [-0.2, -0.15) is 5.10 Å². The zero-order valence-corrected chi connectivity index (χ0v) is 16.3. The Morgan fingerprint density at radius 2 is 1.88 bits per heavy atom. The Balaban J connectivity index is 1.97. The summed E-state index contributed by atoms with van der Waals surface area (Å²) in [4.78, 5) is 11.9. The number of phenols is 1. The van der Waals surface area contributed by atoms with E-state index in [9.17, 15) is 9.90 Å². The van der Waals surface area contributed by atoms with Crippen molar-refractivity contribution in [2.45, 2.75) is 13.8 Å². The average molecular weight is 456 g/mol. The van der Waals surface area contributed by atoms with Crippen LogP contribution in [0.3, 0.4) is 0 Å². The summed E-state index contributed by atoms with van der Waals surface area (Å²) in [5, 5.41) is 13.7. The van der Waals surface area contributed by atoms with Crippen LogP contribution in [0.5, 0.6) is 11.5 Å². The van der Waals surface area contributed by atoms with Gasteiger partial charge >= 0.3 is 0 Å². The minimum absolute atomic E-state index is 0.108. The highest BCUT2D eigenvalue weighted by Crippen LogP contribution is 2.34. The van der Waals surface area contributed by atoms with Crippen LogP contribution < -0.4 is 10.2 Å². The highest BCUT2D eigenvalue weighted by atomic mass is 79.9. The molecular weight excluding hydrogens is 440 g/mol. The average Bonchev–Trinajstić information content (AvgIpc) is 2.52. The van der Waals surface area contributed by atoms with Crippen LogP contribution in [0.2, 0.25) is 0 Å². The molecular formula is C17H16Br2N2O3. The van der Waals surface area contributed by atoms with Crippen LogP contribution in [0.25, 0.3) is 0 Å². The van der Waals surface area contributed by atoms with Crippen molar-refractivity contribution in [3.63, 3.8) is 0 Å². The summed E-state index contributed by atoms with van der Waals surface area (Å²) in [6.45, 7) is 3.48. The van der Waals surface area contributed by atoms with E-state index < -0.39 is 5.91 Å². The predicted molar refractivity (Wildman–Crippen MR) is 101 cm³/mol. The van der Waals surface area contributed by atoms with Crippen molar-refractivity contribution in [3.8, 4) is 11.5 Å². The Labute approximate surface area is 157 Å². The molecule has 0 aliphatic carbocycles. The van der Waals surface area contributed by atoms with Gasteiger partial charge in [-0.25, -0.2) is 5.43 Å². The first-order chi connectivity index (χ1) is 11.4. The zero-order valence-electron chi connectivity index (χ0n) is 13.1. The lowest BCUT2D eigenvalue weighted by atomic mass is 10.1. The molecule has 2 rings (SSSR count). The van der Waals surface area contributed by atoms with Gasteiger partial charge in [0, 0.05) is 5.56 Å². The van der Waals surface area contributed by atoms with Crippen LogP contribution in [0.15, 0.2) is 50.4 Å². The van der Waals surface area contributed by atoms with Gasteiger partial charge in [0.15, 0.2) is 6.61 Å². The second-order valence-corrected chi connectivity index (χ2v) is 6.80. The number of hydrogen-bond acceptors (Lipinski definition) is 4. The normalized spacial score (nSPS) is 11.2. The monoisotopic (exact) mass is 454 g/mol. The number of phenolic OH excluding ortho intramolecular Hbond substituents is 1. The van der Waals surface area contributed by atoms with E-state index >= 15 is 0 Å². The fourth-order valence-corrected chi connectivity index (χ4v) is 3.62. The molecule has 7 heteroatoms. The molecule has 0 aromatic heterocycles. The number of hydrazone groups is 1. The van der Waals surface area contributed by atoms with Gasteiger partial charge in [-0.1, -0.05) is 12.1 Å². The van der Waals surface area contributed by atoms with Crippen LogP contribution >= 0.6 is 31.9 Å². The topological polar surface area (TPSA) is 70.9 Å². The molecule has 5 nitrogen and oxygen atoms in total. The molecule has 1 amide bonds. The number of ether oxygens (including phenoxy) is 1. The highest BCUT2D eigenvalue weighted by molar-refractivity contribution is 9.11. The molecule has 0 bridgehead atoms. The molecule has 2 N–H and O–H groups in total. The summed E-state index contributed by atoms with van der Waals surface area (Å²) in [6.07, 6.45) is 0. The van der Waals surface area contributed by atoms with Crippen LogP contribution in [0, 0.1) is 6.92 Å². The number of nitrogens with zero attached hydrogens (tertiary/aromatic N) is 1. The molecule has 0 aliphatic rings. The van der Waals surface area contributed by atoms with Gasteiger partial charge in [0.25, 0.3) is 5.91 Å². The molecule has 0 radical (unpaired) electrons. The first-order valence-electron chi connectivity index (χ1n) is 7.08. The Hall–Kier alpha value is -1.86. The molecule has 24 heavy (non-hydrogen) atoms. The molecule has 0 atom stereocenters. The molecule has 2 aromatic rings. The molecule has 0 aliphatic heterocycles.